The lowest BCUT2D eigenvalue weighted by molar-refractivity contribution is -0.121. The highest BCUT2D eigenvalue weighted by atomic mass is 16.2. The number of hydrogen-bond acceptors (Lipinski definition) is 2. The van der Waals surface area contributed by atoms with Gasteiger partial charge in [-0.25, -0.2) is 5.43 Å². The van der Waals surface area contributed by atoms with Crippen LogP contribution in [0, 0.1) is 13.8 Å². The van der Waals surface area contributed by atoms with Crippen LogP contribution in [-0.4, -0.2) is 11.9 Å². The second-order valence-corrected chi connectivity index (χ2v) is 5.83. The van der Waals surface area contributed by atoms with Gasteiger partial charge in [0.15, 0.2) is 0 Å². The largest absolute Gasteiger partial charge is 0.291 e. The quantitative estimate of drug-likeness (QED) is 0.804. The third-order valence-corrected chi connectivity index (χ3v) is 3.82. The first-order chi connectivity index (χ1) is 10.6. The van der Waals surface area contributed by atoms with Crippen molar-refractivity contribution in [1.29, 1.82) is 0 Å². The van der Waals surface area contributed by atoms with E-state index >= 15 is 0 Å². The van der Waals surface area contributed by atoms with Gasteiger partial charge in [-0.2, -0.15) is 0 Å². The van der Waals surface area contributed by atoms with Crippen molar-refractivity contribution in [1.82, 2.24) is 10.9 Å². The summed E-state index contributed by atoms with van der Waals surface area (Å²) in [6.07, 6.45) is 1.29. The van der Waals surface area contributed by atoms with E-state index in [4.69, 9.17) is 0 Å². The number of hydrazine groups is 1. The Hall–Kier alpha value is -2.13. The number of rotatable bonds is 6. The maximum atomic E-state index is 12.1. The molecule has 0 aliphatic heterocycles. The molecule has 0 fully saturated rings. The zero-order valence-corrected chi connectivity index (χ0v) is 13.5. The van der Waals surface area contributed by atoms with Gasteiger partial charge in [0.2, 0.25) is 5.91 Å². The van der Waals surface area contributed by atoms with Crippen LogP contribution in [0.2, 0.25) is 0 Å². The molecule has 116 valence electrons. The van der Waals surface area contributed by atoms with Crippen molar-refractivity contribution in [2.75, 3.05) is 0 Å². The van der Waals surface area contributed by atoms with Crippen LogP contribution in [0.4, 0.5) is 0 Å². The van der Waals surface area contributed by atoms with Crippen molar-refractivity contribution in [2.45, 2.75) is 39.7 Å². The van der Waals surface area contributed by atoms with Crippen molar-refractivity contribution in [2.24, 2.45) is 0 Å². The van der Waals surface area contributed by atoms with Gasteiger partial charge in [-0.05, 0) is 49.4 Å². The van der Waals surface area contributed by atoms with Gasteiger partial charge in [-0.15, -0.1) is 0 Å². The fourth-order valence-corrected chi connectivity index (χ4v) is 2.55. The Bertz CT molecular complexity index is 602. The highest BCUT2D eigenvalue weighted by Crippen LogP contribution is 2.13. The molecule has 1 amide bonds. The van der Waals surface area contributed by atoms with Gasteiger partial charge in [0.1, 0.15) is 0 Å². The predicted octanol–water partition coefficient (Wildman–Crippen LogP) is 3.10. The van der Waals surface area contributed by atoms with E-state index < -0.39 is 0 Å². The minimum atomic E-state index is -0.00249. The molecule has 0 spiro atoms. The fraction of sp³-hybridized carbons (Fsp3) is 0.316. The molecule has 2 rings (SSSR count). The molecule has 0 radical (unpaired) electrons. The molecule has 2 aromatic rings. The van der Waals surface area contributed by atoms with Crippen molar-refractivity contribution in [3.05, 3.63) is 70.8 Å². The summed E-state index contributed by atoms with van der Waals surface area (Å²) in [5.74, 6) is -0.00249. The van der Waals surface area contributed by atoms with E-state index in [1.54, 1.807) is 0 Å². The zero-order chi connectivity index (χ0) is 15.9. The summed E-state index contributed by atoms with van der Waals surface area (Å²) in [7, 11) is 0. The number of carbonyl (C=O) groups is 1. The monoisotopic (exact) mass is 296 g/mol. The van der Waals surface area contributed by atoms with Crippen LogP contribution in [0.25, 0.3) is 0 Å². The van der Waals surface area contributed by atoms with Gasteiger partial charge < -0.3 is 0 Å². The van der Waals surface area contributed by atoms with Crippen LogP contribution in [0.15, 0.2) is 48.5 Å². The maximum Gasteiger partial charge on any atom is 0.238 e. The van der Waals surface area contributed by atoms with Gasteiger partial charge in [0, 0.05) is 6.04 Å². The van der Waals surface area contributed by atoms with E-state index in [2.05, 4.69) is 29.9 Å². The first-order valence-electron chi connectivity index (χ1n) is 7.69. The number of aryl methyl sites for hydroxylation is 2. The van der Waals surface area contributed by atoms with Crippen LogP contribution >= 0.6 is 0 Å². The molecule has 1 atom stereocenters. The number of nitrogens with one attached hydrogen (secondary N) is 2. The van der Waals surface area contributed by atoms with Gasteiger partial charge in [0.05, 0.1) is 6.42 Å². The van der Waals surface area contributed by atoms with Crippen LogP contribution in [-0.2, 0) is 17.6 Å². The smallest absolute Gasteiger partial charge is 0.238 e. The Labute approximate surface area is 132 Å². The molecule has 3 nitrogen and oxygen atoms in total. The van der Waals surface area contributed by atoms with Crippen molar-refractivity contribution in [3.63, 3.8) is 0 Å². The summed E-state index contributed by atoms with van der Waals surface area (Å²) in [6, 6.07) is 16.5. The average Bonchev–Trinajstić information content (AvgIpc) is 2.50. The summed E-state index contributed by atoms with van der Waals surface area (Å²) < 4.78 is 0. The molecule has 3 heteroatoms. The minimum Gasteiger partial charge on any atom is -0.291 e. The van der Waals surface area contributed by atoms with Crippen molar-refractivity contribution in [3.8, 4) is 0 Å². The zero-order valence-electron chi connectivity index (χ0n) is 13.5. The van der Waals surface area contributed by atoms with E-state index in [0.717, 1.165) is 23.1 Å². The molecule has 0 saturated heterocycles. The third-order valence-electron chi connectivity index (χ3n) is 3.82. The second-order valence-electron chi connectivity index (χ2n) is 5.83. The Balaban J connectivity index is 1.83. The lowest BCUT2D eigenvalue weighted by Gasteiger charge is -2.16. The summed E-state index contributed by atoms with van der Waals surface area (Å²) in [4.78, 5) is 12.1. The summed E-state index contributed by atoms with van der Waals surface area (Å²) >= 11 is 0. The van der Waals surface area contributed by atoms with Gasteiger partial charge >= 0.3 is 0 Å². The Morgan fingerprint density at radius 3 is 2.27 bits per heavy atom. The fourth-order valence-electron chi connectivity index (χ4n) is 2.55. The van der Waals surface area contributed by atoms with Crippen molar-refractivity contribution < 1.29 is 4.79 Å². The van der Waals surface area contributed by atoms with Gasteiger partial charge in [-0.1, -0.05) is 48.5 Å². The van der Waals surface area contributed by atoms with E-state index in [1.807, 2.05) is 50.2 Å². The van der Waals surface area contributed by atoms with Gasteiger partial charge in [0.25, 0.3) is 0 Å². The standard InChI is InChI=1S/C19H24N2O/c1-14-8-7-9-15(2)18(14)13-19(22)21-20-16(3)12-17-10-5-4-6-11-17/h4-11,16,20H,12-13H2,1-3H3,(H,21,22). The van der Waals surface area contributed by atoms with Crippen LogP contribution in [0.1, 0.15) is 29.2 Å². The summed E-state index contributed by atoms with van der Waals surface area (Å²) in [6.45, 7) is 6.15. The topological polar surface area (TPSA) is 41.1 Å². The van der Waals surface area contributed by atoms with E-state index in [-0.39, 0.29) is 11.9 Å². The number of hydrogen-bond donors (Lipinski definition) is 2. The lowest BCUT2D eigenvalue weighted by atomic mass is 10.00. The lowest BCUT2D eigenvalue weighted by Crippen LogP contribution is -2.44. The van der Waals surface area contributed by atoms with Crippen LogP contribution < -0.4 is 10.9 Å². The van der Waals surface area contributed by atoms with E-state index in [0.29, 0.717) is 6.42 Å². The van der Waals surface area contributed by atoms with Gasteiger partial charge in [-0.3, -0.25) is 10.2 Å². The molecule has 0 saturated carbocycles. The summed E-state index contributed by atoms with van der Waals surface area (Å²) in [5.41, 5.74) is 10.6. The molecule has 0 heterocycles. The molecule has 22 heavy (non-hydrogen) atoms. The second kappa shape index (κ2) is 7.76. The molecule has 0 aliphatic carbocycles. The average molecular weight is 296 g/mol. The number of carbonyl (C=O) groups excluding carboxylic acids is 1. The molecule has 2 aromatic carbocycles. The maximum absolute atomic E-state index is 12.1. The first-order valence-corrected chi connectivity index (χ1v) is 7.69. The van der Waals surface area contributed by atoms with Crippen LogP contribution in [0.3, 0.4) is 0 Å². The highest BCUT2D eigenvalue weighted by molar-refractivity contribution is 5.78. The molecule has 0 aromatic heterocycles. The minimum absolute atomic E-state index is 0.00249. The Morgan fingerprint density at radius 1 is 1.00 bits per heavy atom. The molecule has 0 aliphatic rings. The Morgan fingerprint density at radius 2 is 1.64 bits per heavy atom. The predicted molar refractivity (Wildman–Crippen MR) is 90.5 cm³/mol. The molecule has 2 N–H and O–H groups in total. The first kappa shape index (κ1) is 16.2. The van der Waals surface area contributed by atoms with Crippen LogP contribution in [0.5, 0.6) is 0 Å². The normalized spacial score (nSPS) is 12.0. The number of benzene rings is 2. The molecule has 0 bridgehead atoms. The Kier molecular flexibility index (Phi) is 5.73. The van der Waals surface area contributed by atoms with Crippen molar-refractivity contribution >= 4 is 5.91 Å². The number of amides is 1. The third kappa shape index (κ3) is 4.71. The van der Waals surface area contributed by atoms with E-state index in [1.165, 1.54) is 5.56 Å². The molecular formula is C19H24N2O. The highest BCUT2D eigenvalue weighted by Gasteiger charge is 2.09. The molecular weight excluding hydrogens is 272 g/mol. The molecule has 1 unspecified atom stereocenters. The SMILES string of the molecule is Cc1cccc(C)c1CC(=O)NNC(C)Cc1ccccc1. The summed E-state index contributed by atoms with van der Waals surface area (Å²) in [5, 5.41) is 0. The van der Waals surface area contributed by atoms with E-state index in [9.17, 15) is 4.79 Å².